The molecule has 1 aromatic rings. The number of hydrogen-bond acceptors (Lipinski definition) is 6. The molecule has 0 fully saturated rings. The van der Waals surface area contributed by atoms with Gasteiger partial charge in [0.25, 0.3) is 10.0 Å². The summed E-state index contributed by atoms with van der Waals surface area (Å²) in [6.07, 6.45) is 3.53. The maximum Gasteiger partial charge on any atom is 0.273 e. The lowest BCUT2D eigenvalue weighted by atomic mass is 10.3. The van der Waals surface area contributed by atoms with E-state index in [1.54, 1.807) is 6.08 Å². The highest BCUT2D eigenvalue weighted by molar-refractivity contribution is 7.94. The summed E-state index contributed by atoms with van der Waals surface area (Å²) in [6.45, 7) is 0.717. The molecule has 2 heterocycles. The van der Waals surface area contributed by atoms with Gasteiger partial charge < -0.3 is 4.74 Å². The predicted octanol–water partition coefficient (Wildman–Crippen LogP) is 0.407. The van der Waals surface area contributed by atoms with Crippen LogP contribution in [-0.4, -0.2) is 41.4 Å². The maximum atomic E-state index is 12.3. The molecule has 2 rings (SSSR count). The van der Waals surface area contributed by atoms with Gasteiger partial charge in [0.1, 0.15) is 8.42 Å². The van der Waals surface area contributed by atoms with E-state index in [0.717, 1.165) is 0 Å². The first-order chi connectivity index (χ1) is 9.26. The fraction of sp³-hybridized carbons (Fsp3) is 0.400. The quantitative estimate of drug-likeness (QED) is 0.782. The third kappa shape index (κ3) is 2.88. The van der Waals surface area contributed by atoms with Gasteiger partial charge in [-0.25, -0.2) is 22.0 Å². The SMILES string of the molecule is COCCCN1C=Cc2cc(S(N)(=O)=O)sc2S1(=O)=O. The second-order valence-corrected chi connectivity index (χ2v) is 9.06. The monoisotopic (exact) mass is 338 g/mol. The summed E-state index contributed by atoms with van der Waals surface area (Å²) in [5.74, 6) is 0. The maximum absolute atomic E-state index is 12.3. The Balaban J connectivity index is 2.36. The molecule has 1 aliphatic rings. The number of nitrogens with zero attached hydrogens (tertiary/aromatic N) is 1. The van der Waals surface area contributed by atoms with Crippen LogP contribution in [0.15, 0.2) is 20.7 Å². The minimum absolute atomic E-state index is 0.00134. The van der Waals surface area contributed by atoms with Crippen LogP contribution in [0.4, 0.5) is 0 Å². The van der Waals surface area contributed by atoms with Crippen LogP contribution < -0.4 is 5.14 Å². The predicted molar refractivity (Wildman–Crippen MR) is 75.1 cm³/mol. The van der Waals surface area contributed by atoms with E-state index in [0.29, 0.717) is 29.9 Å². The molecule has 0 aliphatic carbocycles. The van der Waals surface area contributed by atoms with Gasteiger partial charge >= 0.3 is 0 Å². The molecular formula is C10H14N2O5S3. The molecule has 7 nitrogen and oxygen atoms in total. The third-order valence-electron chi connectivity index (χ3n) is 2.67. The largest absolute Gasteiger partial charge is 0.385 e. The number of fused-ring (bicyclic) bond motifs is 1. The summed E-state index contributed by atoms with van der Waals surface area (Å²) in [4.78, 5) is 0. The average molecular weight is 338 g/mol. The highest BCUT2D eigenvalue weighted by Crippen LogP contribution is 2.35. The van der Waals surface area contributed by atoms with Gasteiger partial charge in [0.2, 0.25) is 10.0 Å². The lowest BCUT2D eigenvalue weighted by Crippen LogP contribution is -2.29. The molecular weight excluding hydrogens is 324 g/mol. The molecule has 0 aromatic carbocycles. The van der Waals surface area contributed by atoms with Crippen molar-refractivity contribution in [3.63, 3.8) is 0 Å². The third-order valence-corrected chi connectivity index (χ3v) is 7.55. The fourth-order valence-electron chi connectivity index (χ4n) is 1.73. The van der Waals surface area contributed by atoms with Crippen molar-refractivity contribution in [1.82, 2.24) is 4.31 Å². The Hall–Kier alpha value is -0.940. The molecule has 0 atom stereocenters. The van der Waals surface area contributed by atoms with Gasteiger partial charge in [-0.15, -0.1) is 11.3 Å². The van der Waals surface area contributed by atoms with Crippen LogP contribution in [0.3, 0.4) is 0 Å². The number of nitrogens with two attached hydrogens (primary N) is 1. The number of primary sulfonamides is 1. The number of thiophene rings is 1. The molecule has 0 amide bonds. The average Bonchev–Trinajstić information content (AvgIpc) is 2.77. The summed E-state index contributed by atoms with van der Waals surface area (Å²) in [5.41, 5.74) is 0.349. The van der Waals surface area contributed by atoms with E-state index in [1.807, 2.05) is 0 Å². The molecule has 0 spiro atoms. The normalized spacial score (nSPS) is 17.2. The molecule has 20 heavy (non-hydrogen) atoms. The first-order valence-electron chi connectivity index (χ1n) is 5.62. The topological polar surface area (TPSA) is 107 Å². The number of rotatable bonds is 5. The van der Waals surface area contributed by atoms with Crippen LogP contribution in [0.2, 0.25) is 0 Å². The first-order valence-corrected chi connectivity index (χ1v) is 9.43. The van der Waals surface area contributed by atoms with Crippen LogP contribution in [-0.2, 0) is 24.8 Å². The van der Waals surface area contributed by atoms with Gasteiger partial charge in [0, 0.05) is 32.0 Å². The van der Waals surface area contributed by atoms with Crippen LogP contribution in [0.25, 0.3) is 6.08 Å². The van der Waals surface area contributed by atoms with Gasteiger partial charge in [-0.3, -0.25) is 4.31 Å². The summed E-state index contributed by atoms with van der Waals surface area (Å²) in [5, 5.41) is 5.02. The Morgan fingerprint density at radius 1 is 1.45 bits per heavy atom. The van der Waals surface area contributed by atoms with Crippen LogP contribution in [0.5, 0.6) is 0 Å². The van der Waals surface area contributed by atoms with Crippen molar-refractivity contribution >= 4 is 37.5 Å². The van der Waals surface area contributed by atoms with Gasteiger partial charge in [0.05, 0.1) is 0 Å². The molecule has 0 bridgehead atoms. The van der Waals surface area contributed by atoms with Crippen molar-refractivity contribution in [1.29, 1.82) is 0 Å². The molecule has 2 N–H and O–H groups in total. The van der Waals surface area contributed by atoms with Crippen LogP contribution in [0.1, 0.15) is 12.0 Å². The standard InChI is InChI=1S/C10H14N2O5S3/c1-17-6-2-4-12-5-3-8-7-9(19(11,13)14)18-10(8)20(12,15)16/h3,5,7H,2,4,6H2,1H3,(H2,11,13,14). The highest BCUT2D eigenvalue weighted by Gasteiger charge is 2.31. The van der Waals surface area contributed by atoms with Crippen molar-refractivity contribution in [3.8, 4) is 0 Å². The van der Waals surface area contributed by atoms with Crippen LogP contribution >= 0.6 is 11.3 Å². The smallest absolute Gasteiger partial charge is 0.273 e. The van der Waals surface area contributed by atoms with Gasteiger partial charge in [-0.1, -0.05) is 0 Å². The van der Waals surface area contributed by atoms with Crippen molar-refractivity contribution in [2.75, 3.05) is 20.3 Å². The zero-order chi connectivity index (χ0) is 15.0. The molecule has 0 saturated carbocycles. The van der Waals surface area contributed by atoms with E-state index in [-0.39, 0.29) is 15.0 Å². The Kier molecular flexibility index (Phi) is 4.21. The van der Waals surface area contributed by atoms with E-state index < -0.39 is 20.0 Å². The lowest BCUT2D eigenvalue weighted by molar-refractivity contribution is 0.191. The number of ether oxygens (including phenoxy) is 1. The summed E-state index contributed by atoms with van der Waals surface area (Å²) in [6, 6.07) is 1.27. The summed E-state index contributed by atoms with van der Waals surface area (Å²) >= 11 is 0.667. The Bertz CT molecular complexity index is 733. The Morgan fingerprint density at radius 2 is 2.15 bits per heavy atom. The minimum Gasteiger partial charge on any atom is -0.385 e. The second-order valence-electron chi connectivity index (χ2n) is 4.13. The van der Waals surface area contributed by atoms with E-state index >= 15 is 0 Å². The first kappa shape index (κ1) is 15.4. The van der Waals surface area contributed by atoms with Gasteiger partial charge in [0.15, 0.2) is 0 Å². The number of sulfonamides is 2. The molecule has 0 unspecified atom stereocenters. The Labute approximate surface area is 121 Å². The van der Waals surface area contributed by atoms with E-state index in [2.05, 4.69) is 0 Å². The van der Waals surface area contributed by atoms with Gasteiger partial charge in [-0.05, 0) is 18.6 Å². The Morgan fingerprint density at radius 3 is 2.75 bits per heavy atom. The van der Waals surface area contributed by atoms with E-state index in [9.17, 15) is 16.8 Å². The second kappa shape index (κ2) is 5.45. The van der Waals surface area contributed by atoms with Crippen molar-refractivity contribution in [3.05, 3.63) is 17.8 Å². The summed E-state index contributed by atoms with van der Waals surface area (Å²) < 4.78 is 53.2. The molecule has 112 valence electrons. The van der Waals surface area contributed by atoms with Crippen molar-refractivity contribution < 1.29 is 21.6 Å². The van der Waals surface area contributed by atoms with E-state index in [1.165, 1.54) is 23.7 Å². The molecule has 0 saturated heterocycles. The lowest BCUT2D eigenvalue weighted by Gasteiger charge is -2.22. The van der Waals surface area contributed by atoms with Crippen molar-refractivity contribution in [2.45, 2.75) is 14.8 Å². The van der Waals surface area contributed by atoms with E-state index in [4.69, 9.17) is 9.88 Å². The molecule has 0 radical (unpaired) electrons. The number of hydrogen-bond donors (Lipinski definition) is 1. The highest BCUT2D eigenvalue weighted by atomic mass is 32.3. The number of methoxy groups -OCH3 is 1. The minimum atomic E-state index is -3.90. The van der Waals surface area contributed by atoms with Crippen molar-refractivity contribution in [2.24, 2.45) is 5.14 Å². The molecule has 1 aromatic heterocycles. The fourth-order valence-corrected chi connectivity index (χ4v) is 5.72. The summed E-state index contributed by atoms with van der Waals surface area (Å²) in [7, 11) is -6.08. The molecule has 10 heteroatoms. The molecule has 1 aliphatic heterocycles. The zero-order valence-corrected chi connectivity index (χ0v) is 13.1. The van der Waals surface area contributed by atoms with Crippen LogP contribution in [0, 0.1) is 0 Å². The van der Waals surface area contributed by atoms with Gasteiger partial charge in [-0.2, -0.15) is 0 Å². The zero-order valence-electron chi connectivity index (χ0n) is 10.6.